The van der Waals surface area contributed by atoms with Crippen molar-refractivity contribution in [3.8, 4) is 0 Å². The Hall–Kier alpha value is -1.39. The first-order valence-corrected chi connectivity index (χ1v) is 5.89. The van der Waals surface area contributed by atoms with E-state index in [4.69, 9.17) is 5.11 Å². The predicted molar refractivity (Wildman–Crippen MR) is 56.0 cm³/mol. The largest absolute Gasteiger partial charge is 0.481 e. The molecule has 0 amide bonds. The van der Waals surface area contributed by atoms with Gasteiger partial charge in [-0.25, -0.2) is 0 Å². The summed E-state index contributed by atoms with van der Waals surface area (Å²) >= 11 is 0. The van der Waals surface area contributed by atoms with Crippen molar-refractivity contribution in [1.29, 1.82) is 0 Å². The first kappa shape index (κ1) is 9.81. The molecule has 1 aromatic heterocycles. The summed E-state index contributed by atoms with van der Waals surface area (Å²) in [6, 6.07) is 0.500. The Balaban J connectivity index is 1.81. The van der Waals surface area contributed by atoms with Gasteiger partial charge < -0.3 is 9.67 Å². The molecule has 0 radical (unpaired) electrons. The van der Waals surface area contributed by atoms with E-state index < -0.39 is 5.97 Å². The second-order valence-electron chi connectivity index (χ2n) is 4.82. The van der Waals surface area contributed by atoms with Gasteiger partial charge in [-0.05, 0) is 19.3 Å². The molecular formula is C11H15N3O2. The van der Waals surface area contributed by atoms with Gasteiger partial charge in [0.2, 0.25) is 0 Å². The zero-order valence-corrected chi connectivity index (χ0v) is 9.04. The number of aliphatic carboxylic acids is 1. The Kier molecular flexibility index (Phi) is 2.19. The van der Waals surface area contributed by atoms with E-state index in [-0.39, 0.29) is 11.8 Å². The summed E-state index contributed by atoms with van der Waals surface area (Å²) in [5.41, 5.74) is 0. The van der Waals surface area contributed by atoms with Gasteiger partial charge in [-0.2, -0.15) is 0 Å². The molecule has 16 heavy (non-hydrogen) atoms. The number of carboxylic acids is 1. The number of aromatic nitrogens is 3. The molecule has 2 aliphatic carbocycles. The molecule has 2 aliphatic rings. The second-order valence-corrected chi connectivity index (χ2v) is 4.82. The highest BCUT2D eigenvalue weighted by Crippen LogP contribution is 2.47. The van der Waals surface area contributed by atoms with E-state index in [1.165, 1.54) is 25.7 Å². The van der Waals surface area contributed by atoms with Crippen molar-refractivity contribution >= 4 is 5.97 Å². The standard InChI is InChI=1S/C11H15N3O2/c15-11(16)9-5-8(9)10-13-12-6-14(10)7-3-1-2-4-7/h6-9H,1-5H2,(H,15,16). The van der Waals surface area contributed by atoms with Crippen LogP contribution in [0.4, 0.5) is 0 Å². The van der Waals surface area contributed by atoms with E-state index in [0.29, 0.717) is 6.04 Å². The Morgan fingerprint density at radius 1 is 1.44 bits per heavy atom. The van der Waals surface area contributed by atoms with Gasteiger partial charge in [-0.3, -0.25) is 4.79 Å². The molecule has 0 saturated heterocycles. The molecule has 3 rings (SSSR count). The van der Waals surface area contributed by atoms with E-state index in [0.717, 1.165) is 12.2 Å². The maximum atomic E-state index is 10.8. The van der Waals surface area contributed by atoms with Gasteiger partial charge in [0.15, 0.2) is 0 Å². The molecule has 1 aromatic rings. The lowest BCUT2D eigenvalue weighted by molar-refractivity contribution is -0.138. The summed E-state index contributed by atoms with van der Waals surface area (Å²) in [7, 11) is 0. The van der Waals surface area contributed by atoms with Gasteiger partial charge >= 0.3 is 5.97 Å². The van der Waals surface area contributed by atoms with Crippen LogP contribution in [0.2, 0.25) is 0 Å². The van der Waals surface area contributed by atoms with Gasteiger partial charge in [0.1, 0.15) is 12.2 Å². The van der Waals surface area contributed by atoms with Crippen LogP contribution in [0.25, 0.3) is 0 Å². The predicted octanol–water partition coefficient (Wildman–Crippen LogP) is 1.58. The van der Waals surface area contributed by atoms with Crippen molar-refractivity contribution in [3.63, 3.8) is 0 Å². The van der Waals surface area contributed by atoms with Crippen LogP contribution >= 0.6 is 0 Å². The van der Waals surface area contributed by atoms with Crippen LogP contribution in [-0.4, -0.2) is 25.8 Å². The fraction of sp³-hybridized carbons (Fsp3) is 0.727. The molecule has 1 N–H and O–H groups in total. The van der Waals surface area contributed by atoms with Gasteiger partial charge in [-0.1, -0.05) is 12.8 Å². The van der Waals surface area contributed by atoms with Crippen molar-refractivity contribution in [2.75, 3.05) is 0 Å². The van der Waals surface area contributed by atoms with E-state index in [1.54, 1.807) is 6.33 Å². The molecule has 2 unspecified atom stereocenters. The average Bonchev–Trinajstić information content (AvgIpc) is 2.72. The van der Waals surface area contributed by atoms with E-state index >= 15 is 0 Å². The second kappa shape index (κ2) is 3.57. The smallest absolute Gasteiger partial charge is 0.307 e. The van der Waals surface area contributed by atoms with Gasteiger partial charge in [-0.15, -0.1) is 10.2 Å². The zero-order valence-electron chi connectivity index (χ0n) is 9.04. The lowest BCUT2D eigenvalue weighted by Gasteiger charge is -2.13. The highest BCUT2D eigenvalue weighted by molar-refractivity contribution is 5.74. The number of carboxylic acid groups (broad SMARTS) is 1. The summed E-state index contributed by atoms with van der Waals surface area (Å²) in [5, 5.41) is 17.0. The maximum absolute atomic E-state index is 10.8. The fourth-order valence-corrected chi connectivity index (χ4v) is 2.73. The van der Waals surface area contributed by atoms with Crippen molar-refractivity contribution in [3.05, 3.63) is 12.2 Å². The number of hydrogen-bond acceptors (Lipinski definition) is 3. The first-order valence-electron chi connectivity index (χ1n) is 5.89. The van der Waals surface area contributed by atoms with E-state index in [9.17, 15) is 4.79 Å². The molecule has 2 atom stereocenters. The molecule has 5 nitrogen and oxygen atoms in total. The number of hydrogen-bond donors (Lipinski definition) is 1. The van der Waals surface area contributed by atoms with Crippen molar-refractivity contribution in [2.24, 2.45) is 5.92 Å². The van der Waals surface area contributed by atoms with Crippen LogP contribution in [0.1, 0.15) is 49.9 Å². The van der Waals surface area contributed by atoms with Crippen LogP contribution in [-0.2, 0) is 4.79 Å². The van der Waals surface area contributed by atoms with Gasteiger partial charge in [0, 0.05) is 12.0 Å². The number of rotatable bonds is 3. The minimum absolute atomic E-state index is 0.0978. The molecule has 0 aliphatic heterocycles. The Bertz CT molecular complexity index is 409. The molecule has 5 heteroatoms. The molecule has 86 valence electrons. The van der Waals surface area contributed by atoms with Crippen LogP contribution in [0, 0.1) is 5.92 Å². The quantitative estimate of drug-likeness (QED) is 0.841. The minimum Gasteiger partial charge on any atom is -0.481 e. The lowest BCUT2D eigenvalue weighted by atomic mass is 10.2. The third-order valence-corrected chi connectivity index (χ3v) is 3.76. The van der Waals surface area contributed by atoms with Gasteiger partial charge in [0.25, 0.3) is 0 Å². The molecule has 0 aromatic carbocycles. The molecule has 2 saturated carbocycles. The van der Waals surface area contributed by atoms with Crippen LogP contribution < -0.4 is 0 Å². The zero-order chi connectivity index (χ0) is 11.1. The summed E-state index contributed by atoms with van der Waals surface area (Å²) < 4.78 is 2.11. The summed E-state index contributed by atoms with van der Waals surface area (Å²) in [6.45, 7) is 0. The fourth-order valence-electron chi connectivity index (χ4n) is 2.73. The van der Waals surface area contributed by atoms with Crippen LogP contribution in [0.5, 0.6) is 0 Å². The summed E-state index contributed by atoms with van der Waals surface area (Å²) in [5.74, 6) is 0.0511. The van der Waals surface area contributed by atoms with Crippen molar-refractivity contribution in [2.45, 2.75) is 44.1 Å². The summed E-state index contributed by atoms with van der Waals surface area (Å²) in [6.07, 6.45) is 7.36. The van der Waals surface area contributed by atoms with Gasteiger partial charge in [0.05, 0.1) is 5.92 Å². The molecule has 0 bridgehead atoms. The monoisotopic (exact) mass is 221 g/mol. The SMILES string of the molecule is O=C(O)C1CC1c1nncn1C1CCCC1. The topological polar surface area (TPSA) is 68.0 Å². The van der Waals surface area contributed by atoms with E-state index in [2.05, 4.69) is 14.8 Å². The summed E-state index contributed by atoms with van der Waals surface area (Å²) in [4.78, 5) is 10.8. The first-order chi connectivity index (χ1) is 7.77. The Morgan fingerprint density at radius 2 is 2.19 bits per heavy atom. The Labute approximate surface area is 93.5 Å². The molecule has 2 fully saturated rings. The number of carbonyl (C=O) groups is 1. The van der Waals surface area contributed by atoms with Crippen LogP contribution in [0.15, 0.2) is 6.33 Å². The minimum atomic E-state index is -0.703. The molecule has 0 spiro atoms. The Morgan fingerprint density at radius 3 is 2.81 bits per heavy atom. The maximum Gasteiger partial charge on any atom is 0.307 e. The average molecular weight is 221 g/mol. The van der Waals surface area contributed by atoms with E-state index in [1.807, 2.05) is 0 Å². The molecular weight excluding hydrogens is 206 g/mol. The van der Waals surface area contributed by atoms with Crippen LogP contribution in [0.3, 0.4) is 0 Å². The number of nitrogens with zero attached hydrogens (tertiary/aromatic N) is 3. The lowest BCUT2D eigenvalue weighted by Crippen LogP contribution is -2.09. The normalized spacial score (nSPS) is 29.5. The third kappa shape index (κ3) is 1.50. The van der Waals surface area contributed by atoms with Crippen molar-refractivity contribution in [1.82, 2.24) is 14.8 Å². The third-order valence-electron chi connectivity index (χ3n) is 3.76. The highest BCUT2D eigenvalue weighted by atomic mass is 16.4. The molecule has 1 heterocycles. The highest BCUT2D eigenvalue weighted by Gasteiger charge is 2.47. The van der Waals surface area contributed by atoms with Crippen molar-refractivity contribution < 1.29 is 9.90 Å².